The number of aliphatic carboxylic acids is 1. The van der Waals surface area contributed by atoms with Crippen LogP contribution in [0.15, 0.2) is 0 Å². The van der Waals surface area contributed by atoms with Gasteiger partial charge < -0.3 is 20.4 Å². The Kier molecular flexibility index (Phi) is 4.06. The lowest BCUT2D eigenvalue weighted by Crippen LogP contribution is -2.40. The van der Waals surface area contributed by atoms with E-state index >= 15 is 0 Å². The van der Waals surface area contributed by atoms with Crippen molar-refractivity contribution in [3.05, 3.63) is 0 Å². The Morgan fingerprint density at radius 1 is 1.28 bits per heavy atom. The van der Waals surface area contributed by atoms with Crippen molar-refractivity contribution in [2.24, 2.45) is 11.8 Å². The number of aliphatic hydroxyl groups excluding tert-OH is 1. The third-order valence-corrected chi connectivity index (χ3v) is 3.99. The van der Waals surface area contributed by atoms with Crippen LogP contribution < -0.4 is 5.32 Å². The summed E-state index contributed by atoms with van der Waals surface area (Å²) in [4.78, 5) is 24.0. The highest BCUT2D eigenvalue weighted by molar-refractivity contribution is 5.75. The van der Waals surface area contributed by atoms with Crippen LogP contribution in [0.2, 0.25) is 0 Å². The van der Waals surface area contributed by atoms with E-state index in [0.717, 1.165) is 13.1 Å². The van der Waals surface area contributed by atoms with Gasteiger partial charge in [0.15, 0.2) is 6.10 Å². The van der Waals surface area contributed by atoms with E-state index < -0.39 is 12.1 Å². The Labute approximate surface area is 106 Å². The molecule has 2 rings (SSSR count). The van der Waals surface area contributed by atoms with Gasteiger partial charge in [-0.1, -0.05) is 6.42 Å². The average Bonchev–Trinajstić information content (AvgIpc) is 2.88. The number of carboxylic acid groups (broad SMARTS) is 1. The number of hydrogen-bond donors (Lipinski definition) is 3. The van der Waals surface area contributed by atoms with Crippen LogP contribution in [0.4, 0.5) is 4.79 Å². The Morgan fingerprint density at radius 2 is 1.89 bits per heavy atom. The van der Waals surface area contributed by atoms with Gasteiger partial charge in [0, 0.05) is 26.1 Å². The van der Waals surface area contributed by atoms with Gasteiger partial charge in [-0.15, -0.1) is 0 Å². The van der Waals surface area contributed by atoms with Gasteiger partial charge in [-0.2, -0.15) is 0 Å². The quantitative estimate of drug-likeness (QED) is 0.673. The molecule has 2 fully saturated rings. The first-order valence-corrected chi connectivity index (χ1v) is 6.51. The molecule has 1 aliphatic heterocycles. The molecule has 1 aliphatic carbocycles. The molecule has 0 spiro atoms. The predicted molar refractivity (Wildman–Crippen MR) is 64.1 cm³/mol. The molecule has 2 unspecified atom stereocenters. The fraction of sp³-hybridized carbons (Fsp3) is 0.833. The molecule has 3 atom stereocenters. The van der Waals surface area contributed by atoms with Crippen LogP contribution in [0.1, 0.15) is 25.7 Å². The monoisotopic (exact) mass is 256 g/mol. The fourth-order valence-corrected chi connectivity index (χ4v) is 2.95. The van der Waals surface area contributed by atoms with E-state index in [0.29, 0.717) is 11.8 Å². The summed E-state index contributed by atoms with van der Waals surface area (Å²) in [7, 11) is 0. The van der Waals surface area contributed by atoms with Crippen LogP contribution in [-0.2, 0) is 4.79 Å². The van der Waals surface area contributed by atoms with Gasteiger partial charge in [0.1, 0.15) is 0 Å². The van der Waals surface area contributed by atoms with Crippen LogP contribution in [0.25, 0.3) is 0 Å². The topological polar surface area (TPSA) is 89.9 Å². The van der Waals surface area contributed by atoms with Crippen LogP contribution >= 0.6 is 0 Å². The summed E-state index contributed by atoms with van der Waals surface area (Å²) in [6.45, 7) is 1.83. The van der Waals surface area contributed by atoms with E-state index in [-0.39, 0.29) is 19.0 Å². The lowest BCUT2D eigenvalue weighted by atomic mass is 10.0. The van der Waals surface area contributed by atoms with Gasteiger partial charge >= 0.3 is 12.0 Å². The number of carbonyl (C=O) groups excluding carboxylic acids is 1. The highest BCUT2D eigenvalue weighted by Crippen LogP contribution is 2.37. The van der Waals surface area contributed by atoms with Crippen LogP contribution in [0.5, 0.6) is 0 Å². The van der Waals surface area contributed by atoms with E-state index in [2.05, 4.69) is 5.32 Å². The number of nitrogens with one attached hydrogen (secondary N) is 1. The normalized spacial score (nSPS) is 27.9. The van der Waals surface area contributed by atoms with Crippen LogP contribution in [0.3, 0.4) is 0 Å². The first-order valence-electron chi connectivity index (χ1n) is 6.51. The van der Waals surface area contributed by atoms with Gasteiger partial charge in [0.25, 0.3) is 0 Å². The molecule has 2 amide bonds. The first kappa shape index (κ1) is 13.1. The van der Waals surface area contributed by atoms with Gasteiger partial charge in [-0.25, -0.2) is 9.59 Å². The Hall–Kier alpha value is -1.30. The van der Waals surface area contributed by atoms with Crippen molar-refractivity contribution in [1.82, 2.24) is 10.2 Å². The molecular weight excluding hydrogens is 236 g/mol. The van der Waals surface area contributed by atoms with E-state index in [1.165, 1.54) is 19.3 Å². The minimum atomic E-state index is -1.40. The maximum Gasteiger partial charge on any atom is 0.332 e. The second-order valence-electron chi connectivity index (χ2n) is 5.23. The molecule has 1 saturated heterocycles. The zero-order chi connectivity index (χ0) is 13.1. The van der Waals surface area contributed by atoms with Crippen molar-refractivity contribution in [1.29, 1.82) is 0 Å². The lowest BCUT2D eigenvalue weighted by Gasteiger charge is -2.18. The molecule has 0 radical (unpaired) electrons. The fourth-order valence-electron chi connectivity index (χ4n) is 2.95. The molecule has 2 aliphatic rings. The van der Waals surface area contributed by atoms with E-state index in [1.54, 1.807) is 0 Å². The van der Waals surface area contributed by atoms with E-state index in [4.69, 9.17) is 10.2 Å². The van der Waals surface area contributed by atoms with Crippen molar-refractivity contribution in [3.8, 4) is 0 Å². The Morgan fingerprint density at radius 3 is 2.44 bits per heavy atom. The molecule has 6 nitrogen and oxygen atoms in total. The molecule has 3 N–H and O–H groups in total. The molecule has 6 heteroatoms. The Balaban J connectivity index is 1.68. The molecule has 0 aromatic heterocycles. The average molecular weight is 256 g/mol. The third kappa shape index (κ3) is 2.93. The van der Waals surface area contributed by atoms with Gasteiger partial charge in [-0.05, 0) is 24.7 Å². The summed E-state index contributed by atoms with van der Waals surface area (Å²) in [6.07, 6.45) is 2.35. The van der Waals surface area contributed by atoms with Crippen LogP contribution in [-0.4, -0.2) is 52.9 Å². The van der Waals surface area contributed by atoms with Gasteiger partial charge in [0.2, 0.25) is 0 Å². The molecule has 0 bridgehead atoms. The minimum absolute atomic E-state index is 0.0434. The number of rotatable bonds is 4. The van der Waals surface area contributed by atoms with Crippen molar-refractivity contribution in [2.45, 2.75) is 31.8 Å². The minimum Gasteiger partial charge on any atom is -0.479 e. The van der Waals surface area contributed by atoms with Crippen molar-refractivity contribution in [2.75, 3.05) is 19.6 Å². The molecular formula is C12H20N2O4. The van der Waals surface area contributed by atoms with Gasteiger partial charge in [-0.3, -0.25) is 0 Å². The second kappa shape index (κ2) is 5.56. The van der Waals surface area contributed by atoms with E-state index in [1.807, 2.05) is 4.90 Å². The third-order valence-electron chi connectivity index (χ3n) is 3.99. The number of amides is 2. The highest BCUT2D eigenvalue weighted by atomic mass is 16.4. The number of aliphatic hydroxyl groups is 1. The Bertz CT molecular complexity index is 322. The van der Waals surface area contributed by atoms with Crippen molar-refractivity contribution in [3.63, 3.8) is 0 Å². The molecule has 0 aromatic carbocycles. The van der Waals surface area contributed by atoms with Crippen LogP contribution in [0, 0.1) is 11.8 Å². The van der Waals surface area contributed by atoms with E-state index in [9.17, 15) is 9.59 Å². The standard InChI is InChI=1S/C12H20N2O4/c15-10(11(16)17)4-5-13-12(18)14-6-8-2-1-3-9(8)7-14/h8-10,15H,1-7H2,(H,13,18)(H,16,17)/t8?,9?,10-/m0/s1. The maximum atomic E-state index is 11.8. The lowest BCUT2D eigenvalue weighted by molar-refractivity contribution is -0.146. The largest absolute Gasteiger partial charge is 0.479 e. The van der Waals surface area contributed by atoms with Crippen molar-refractivity contribution >= 4 is 12.0 Å². The highest BCUT2D eigenvalue weighted by Gasteiger charge is 2.37. The zero-order valence-electron chi connectivity index (χ0n) is 10.3. The number of carbonyl (C=O) groups is 2. The number of nitrogens with zero attached hydrogens (tertiary/aromatic N) is 1. The summed E-state index contributed by atoms with van der Waals surface area (Å²) in [5.41, 5.74) is 0. The number of hydrogen-bond acceptors (Lipinski definition) is 3. The SMILES string of the molecule is O=C(O)[C@@H](O)CCNC(=O)N1CC2CCCC2C1. The number of carboxylic acids is 1. The molecule has 0 aromatic rings. The first-order chi connectivity index (χ1) is 8.58. The number of fused-ring (bicyclic) bond motifs is 1. The zero-order valence-corrected chi connectivity index (χ0v) is 10.3. The summed E-state index contributed by atoms with van der Waals surface area (Å²) in [6, 6.07) is -0.137. The predicted octanol–water partition coefficient (Wildman–Crippen LogP) is 0.263. The van der Waals surface area contributed by atoms with Crippen molar-refractivity contribution < 1.29 is 19.8 Å². The smallest absolute Gasteiger partial charge is 0.332 e. The van der Waals surface area contributed by atoms with Gasteiger partial charge in [0.05, 0.1) is 0 Å². The number of urea groups is 1. The maximum absolute atomic E-state index is 11.8. The second-order valence-corrected chi connectivity index (χ2v) is 5.23. The summed E-state index contributed by atoms with van der Waals surface area (Å²) < 4.78 is 0. The summed E-state index contributed by atoms with van der Waals surface area (Å²) >= 11 is 0. The number of likely N-dealkylation sites (tertiary alicyclic amines) is 1. The molecule has 102 valence electrons. The summed E-state index contributed by atoms with van der Waals surface area (Å²) in [5.74, 6) is 0.0562. The summed E-state index contributed by atoms with van der Waals surface area (Å²) in [5, 5.41) is 20.2. The molecule has 1 saturated carbocycles. The molecule has 1 heterocycles. The molecule has 18 heavy (non-hydrogen) atoms.